The lowest BCUT2D eigenvalue weighted by Gasteiger charge is -2.09. The van der Waals surface area contributed by atoms with Gasteiger partial charge in [-0.1, -0.05) is 56.5 Å². The maximum Gasteiger partial charge on any atom is 0.240 e. The summed E-state index contributed by atoms with van der Waals surface area (Å²) in [5, 5.41) is 2.80. The molecule has 0 aliphatic heterocycles. The Balaban J connectivity index is 1.82. The van der Waals surface area contributed by atoms with Crippen molar-refractivity contribution >= 4 is 21.6 Å². The van der Waals surface area contributed by atoms with E-state index in [9.17, 15) is 13.2 Å². The maximum atomic E-state index is 12.3. The molecule has 5 nitrogen and oxygen atoms in total. The Kier molecular flexibility index (Phi) is 8.48. The third-order valence-electron chi connectivity index (χ3n) is 4.25. The van der Waals surface area contributed by atoms with Crippen LogP contribution in [0, 0.1) is 0 Å². The van der Waals surface area contributed by atoms with Gasteiger partial charge >= 0.3 is 0 Å². The number of unbranched alkanes of at least 4 members (excludes halogenated alkanes) is 3. The number of rotatable bonds is 11. The fraction of sp³-hybridized carbons (Fsp3) is 0.381. The molecule has 6 heteroatoms. The Hall–Kier alpha value is -2.18. The van der Waals surface area contributed by atoms with Crippen LogP contribution < -0.4 is 10.0 Å². The van der Waals surface area contributed by atoms with E-state index in [-0.39, 0.29) is 10.8 Å². The molecular formula is C21H28N2O3S. The molecule has 0 fully saturated rings. The molecule has 0 unspecified atom stereocenters. The average molecular weight is 389 g/mol. The minimum absolute atomic E-state index is 0.0940. The van der Waals surface area contributed by atoms with Gasteiger partial charge in [-0.15, -0.1) is 0 Å². The van der Waals surface area contributed by atoms with E-state index in [0.717, 1.165) is 31.2 Å². The molecule has 2 aromatic carbocycles. The number of anilines is 1. The van der Waals surface area contributed by atoms with E-state index in [1.165, 1.54) is 12.1 Å². The highest BCUT2D eigenvalue weighted by atomic mass is 32.2. The molecule has 0 saturated carbocycles. The van der Waals surface area contributed by atoms with Crippen LogP contribution in [0.4, 0.5) is 5.69 Å². The zero-order valence-electron chi connectivity index (χ0n) is 15.8. The number of hydrogen-bond acceptors (Lipinski definition) is 3. The monoisotopic (exact) mass is 388 g/mol. The minimum Gasteiger partial charge on any atom is -0.326 e. The number of sulfonamides is 1. The van der Waals surface area contributed by atoms with Crippen LogP contribution in [0.25, 0.3) is 0 Å². The largest absolute Gasteiger partial charge is 0.326 e. The lowest BCUT2D eigenvalue weighted by molar-refractivity contribution is -0.116. The van der Waals surface area contributed by atoms with E-state index >= 15 is 0 Å². The van der Waals surface area contributed by atoms with Crippen LogP contribution in [-0.2, 0) is 21.2 Å². The van der Waals surface area contributed by atoms with E-state index in [1.54, 1.807) is 12.1 Å². The van der Waals surface area contributed by atoms with Gasteiger partial charge in [-0.25, -0.2) is 13.1 Å². The Bertz CT molecular complexity index is 803. The van der Waals surface area contributed by atoms with Crippen LogP contribution in [0.3, 0.4) is 0 Å². The summed E-state index contributed by atoms with van der Waals surface area (Å²) in [6.07, 6.45) is 5.13. The van der Waals surface area contributed by atoms with E-state index in [2.05, 4.69) is 17.0 Å². The second-order valence-electron chi connectivity index (χ2n) is 6.52. The summed E-state index contributed by atoms with van der Waals surface area (Å²) >= 11 is 0. The molecule has 0 aromatic heterocycles. The van der Waals surface area contributed by atoms with Gasteiger partial charge in [0.15, 0.2) is 0 Å². The lowest BCUT2D eigenvalue weighted by Crippen LogP contribution is -2.24. The zero-order valence-corrected chi connectivity index (χ0v) is 16.6. The average Bonchev–Trinajstić information content (AvgIpc) is 2.67. The highest BCUT2D eigenvalue weighted by Crippen LogP contribution is 2.15. The minimum atomic E-state index is -3.50. The summed E-state index contributed by atoms with van der Waals surface area (Å²) in [4.78, 5) is 12.3. The first-order valence-electron chi connectivity index (χ1n) is 9.45. The number of amides is 1. The van der Waals surface area contributed by atoms with Gasteiger partial charge in [-0.05, 0) is 42.7 Å². The van der Waals surface area contributed by atoms with Gasteiger partial charge in [0.05, 0.1) is 4.90 Å². The standard InChI is InChI=1S/C21H28N2O3S/c1-2-3-4-8-17-22-27(25,26)20-14-12-19(13-15-20)23-21(24)16-11-18-9-6-5-7-10-18/h5-7,9-10,12-15,22H,2-4,8,11,16-17H2,1H3,(H,23,24). The number of carbonyl (C=O) groups is 1. The number of aryl methyl sites for hydroxylation is 1. The van der Waals surface area contributed by atoms with E-state index in [0.29, 0.717) is 25.1 Å². The Morgan fingerprint density at radius 3 is 2.30 bits per heavy atom. The van der Waals surface area contributed by atoms with Crippen molar-refractivity contribution in [2.45, 2.75) is 50.3 Å². The summed E-state index contributed by atoms with van der Waals surface area (Å²) < 4.78 is 27.1. The van der Waals surface area contributed by atoms with Gasteiger partial charge < -0.3 is 5.32 Å². The van der Waals surface area contributed by atoms with Gasteiger partial charge in [0, 0.05) is 18.7 Å². The molecule has 2 aromatic rings. The predicted octanol–water partition coefficient (Wildman–Crippen LogP) is 4.12. The zero-order chi connectivity index (χ0) is 19.5. The summed E-state index contributed by atoms with van der Waals surface area (Å²) in [7, 11) is -3.50. The van der Waals surface area contributed by atoms with Crippen molar-refractivity contribution in [3.8, 4) is 0 Å². The molecule has 2 N–H and O–H groups in total. The van der Waals surface area contributed by atoms with E-state index < -0.39 is 10.0 Å². The smallest absolute Gasteiger partial charge is 0.240 e. The van der Waals surface area contributed by atoms with Crippen molar-refractivity contribution in [1.82, 2.24) is 4.72 Å². The van der Waals surface area contributed by atoms with Gasteiger partial charge in [0.25, 0.3) is 0 Å². The third-order valence-corrected chi connectivity index (χ3v) is 5.73. The molecule has 0 spiro atoms. The molecule has 0 aliphatic rings. The molecule has 0 atom stereocenters. The molecule has 0 aliphatic carbocycles. The van der Waals surface area contributed by atoms with Crippen molar-refractivity contribution in [2.24, 2.45) is 0 Å². The molecule has 146 valence electrons. The van der Waals surface area contributed by atoms with Crippen molar-refractivity contribution in [3.05, 3.63) is 60.2 Å². The van der Waals surface area contributed by atoms with Crippen LogP contribution in [0.2, 0.25) is 0 Å². The van der Waals surface area contributed by atoms with Gasteiger partial charge in [-0.3, -0.25) is 4.79 Å². The van der Waals surface area contributed by atoms with Gasteiger partial charge in [-0.2, -0.15) is 0 Å². The lowest BCUT2D eigenvalue weighted by atomic mass is 10.1. The SMILES string of the molecule is CCCCCCNS(=O)(=O)c1ccc(NC(=O)CCc2ccccc2)cc1. The van der Waals surface area contributed by atoms with E-state index in [1.807, 2.05) is 30.3 Å². The summed E-state index contributed by atoms with van der Waals surface area (Å²) in [5.74, 6) is -0.0940. The number of carbonyl (C=O) groups excluding carboxylic acids is 1. The number of nitrogens with one attached hydrogen (secondary N) is 2. The third kappa shape index (κ3) is 7.53. The molecule has 0 heterocycles. The fourth-order valence-corrected chi connectivity index (χ4v) is 3.76. The molecule has 0 radical (unpaired) electrons. The molecule has 2 rings (SSSR count). The molecule has 0 bridgehead atoms. The number of hydrogen-bond donors (Lipinski definition) is 2. The van der Waals surface area contributed by atoms with Crippen molar-refractivity contribution in [3.63, 3.8) is 0 Å². The Labute approximate surface area is 162 Å². The Morgan fingerprint density at radius 1 is 0.926 bits per heavy atom. The second-order valence-corrected chi connectivity index (χ2v) is 8.28. The highest BCUT2D eigenvalue weighted by Gasteiger charge is 2.13. The first kappa shape index (κ1) is 21.1. The highest BCUT2D eigenvalue weighted by molar-refractivity contribution is 7.89. The fourth-order valence-electron chi connectivity index (χ4n) is 2.69. The van der Waals surface area contributed by atoms with E-state index in [4.69, 9.17) is 0 Å². The first-order chi connectivity index (χ1) is 13.0. The normalized spacial score (nSPS) is 11.3. The molecule has 0 saturated heterocycles. The van der Waals surface area contributed by atoms with Gasteiger partial charge in [0.1, 0.15) is 0 Å². The second kappa shape index (κ2) is 10.8. The van der Waals surface area contributed by atoms with Crippen LogP contribution in [0.1, 0.15) is 44.6 Å². The molecule has 1 amide bonds. The molecule has 27 heavy (non-hydrogen) atoms. The summed E-state index contributed by atoms with van der Waals surface area (Å²) in [6, 6.07) is 16.1. The maximum absolute atomic E-state index is 12.3. The first-order valence-corrected chi connectivity index (χ1v) is 10.9. The summed E-state index contributed by atoms with van der Waals surface area (Å²) in [5.41, 5.74) is 1.70. The van der Waals surface area contributed by atoms with Gasteiger partial charge in [0.2, 0.25) is 15.9 Å². The van der Waals surface area contributed by atoms with Crippen LogP contribution in [0.5, 0.6) is 0 Å². The van der Waals surface area contributed by atoms with Crippen molar-refractivity contribution < 1.29 is 13.2 Å². The van der Waals surface area contributed by atoms with Crippen LogP contribution >= 0.6 is 0 Å². The van der Waals surface area contributed by atoms with Crippen molar-refractivity contribution in [2.75, 3.05) is 11.9 Å². The van der Waals surface area contributed by atoms with Crippen molar-refractivity contribution in [1.29, 1.82) is 0 Å². The predicted molar refractivity (Wildman–Crippen MR) is 109 cm³/mol. The summed E-state index contributed by atoms with van der Waals surface area (Å²) in [6.45, 7) is 2.56. The Morgan fingerprint density at radius 2 is 1.63 bits per heavy atom. The van der Waals surface area contributed by atoms with Crippen LogP contribution in [0.15, 0.2) is 59.5 Å². The van der Waals surface area contributed by atoms with Crippen LogP contribution in [-0.4, -0.2) is 20.9 Å². The topological polar surface area (TPSA) is 75.3 Å². The quantitative estimate of drug-likeness (QED) is 0.569. The molecular weight excluding hydrogens is 360 g/mol. The number of benzene rings is 2.